The van der Waals surface area contributed by atoms with Crippen LogP contribution >= 0.6 is 0 Å². The lowest BCUT2D eigenvalue weighted by Crippen LogP contribution is -2.46. The van der Waals surface area contributed by atoms with Crippen LogP contribution in [0.3, 0.4) is 0 Å². The van der Waals surface area contributed by atoms with Crippen molar-refractivity contribution in [1.82, 2.24) is 4.98 Å². The second kappa shape index (κ2) is 8.25. The number of anilines is 1. The molecule has 0 atom stereocenters. The van der Waals surface area contributed by atoms with E-state index in [4.69, 9.17) is 15.2 Å². The van der Waals surface area contributed by atoms with Crippen molar-refractivity contribution in [3.63, 3.8) is 0 Å². The average Bonchev–Trinajstić information content (AvgIpc) is 2.68. The first kappa shape index (κ1) is 18.3. The van der Waals surface area contributed by atoms with E-state index >= 15 is 0 Å². The Morgan fingerprint density at radius 3 is 2.77 bits per heavy atom. The maximum Gasteiger partial charge on any atom is 0.232 e. The molecule has 1 amide bonds. The van der Waals surface area contributed by atoms with Gasteiger partial charge in [-0.1, -0.05) is 6.07 Å². The smallest absolute Gasteiger partial charge is 0.232 e. The molecule has 2 heterocycles. The molecule has 0 saturated carbocycles. The minimum absolute atomic E-state index is 0.105. The molecule has 0 bridgehead atoms. The van der Waals surface area contributed by atoms with Crippen LogP contribution in [0.4, 0.5) is 10.1 Å². The van der Waals surface area contributed by atoms with E-state index in [-0.39, 0.29) is 24.8 Å². The summed E-state index contributed by atoms with van der Waals surface area (Å²) in [7, 11) is 0. The summed E-state index contributed by atoms with van der Waals surface area (Å²) in [5.41, 5.74) is 6.24. The molecular formula is C19H22FN3O3. The van der Waals surface area contributed by atoms with E-state index in [1.165, 1.54) is 12.1 Å². The van der Waals surface area contributed by atoms with Gasteiger partial charge in [-0.3, -0.25) is 9.78 Å². The van der Waals surface area contributed by atoms with Crippen molar-refractivity contribution < 1.29 is 18.7 Å². The summed E-state index contributed by atoms with van der Waals surface area (Å²) >= 11 is 0. The third kappa shape index (κ3) is 4.17. The quantitative estimate of drug-likeness (QED) is 0.828. The number of carbonyl (C=O) groups excluding carboxylic acids is 1. The molecular weight excluding hydrogens is 337 g/mol. The van der Waals surface area contributed by atoms with Gasteiger partial charge in [0.15, 0.2) is 11.6 Å². The number of nitrogens with one attached hydrogen (secondary N) is 1. The molecule has 3 N–H and O–H groups in total. The van der Waals surface area contributed by atoms with Crippen molar-refractivity contribution in [3.8, 4) is 5.75 Å². The molecule has 1 fully saturated rings. The molecule has 0 radical (unpaired) electrons. The maximum absolute atomic E-state index is 14.3. The van der Waals surface area contributed by atoms with Crippen LogP contribution in [-0.2, 0) is 16.1 Å². The molecule has 7 heteroatoms. The summed E-state index contributed by atoms with van der Waals surface area (Å²) in [5.74, 6) is -0.648. The van der Waals surface area contributed by atoms with Crippen LogP contribution in [0.25, 0.3) is 0 Å². The number of aromatic nitrogens is 1. The Morgan fingerprint density at radius 2 is 2.12 bits per heavy atom. The van der Waals surface area contributed by atoms with Crippen LogP contribution < -0.4 is 15.8 Å². The van der Waals surface area contributed by atoms with Gasteiger partial charge in [0, 0.05) is 37.7 Å². The van der Waals surface area contributed by atoms with Gasteiger partial charge in [-0.15, -0.1) is 0 Å². The highest BCUT2D eigenvalue weighted by Crippen LogP contribution is 2.31. The lowest BCUT2D eigenvalue weighted by atomic mass is 9.79. The SMILES string of the molecule is NCC1(C(=O)Nc2ccc(OCc3ccccn3)c(F)c2)CCOCC1. The first-order valence-electron chi connectivity index (χ1n) is 8.54. The fourth-order valence-corrected chi connectivity index (χ4v) is 2.88. The van der Waals surface area contributed by atoms with E-state index in [1.54, 1.807) is 24.4 Å². The Labute approximate surface area is 151 Å². The number of amides is 1. The summed E-state index contributed by atoms with van der Waals surface area (Å²) in [4.78, 5) is 16.7. The molecule has 6 nitrogen and oxygen atoms in total. The first-order valence-corrected chi connectivity index (χ1v) is 8.54. The third-order valence-corrected chi connectivity index (χ3v) is 4.61. The van der Waals surface area contributed by atoms with Crippen LogP contribution in [0.2, 0.25) is 0 Å². The Morgan fingerprint density at radius 1 is 1.31 bits per heavy atom. The average molecular weight is 359 g/mol. The van der Waals surface area contributed by atoms with Crippen LogP contribution in [0.5, 0.6) is 5.75 Å². The van der Waals surface area contributed by atoms with Crippen molar-refractivity contribution in [2.45, 2.75) is 19.4 Å². The fourth-order valence-electron chi connectivity index (χ4n) is 2.88. The number of pyridine rings is 1. The van der Waals surface area contributed by atoms with Gasteiger partial charge in [-0.2, -0.15) is 0 Å². The Hall–Kier alpha value is -2.51. The molecule has 0 spiro atoms. The Kier molecular flexibility index (Phi) is 5.80. The Bertz CT molecular complexity index is 749. The van der Waals surface area contributed by atoms with Gasteiger partial charge in [0.05, 0.1) is 11.1 Å². The van der Waals surface area contributed by atoms with Gasteiger partial charge in [0.25, 0.3) is 0 Å². The van der Waals surface area contributed by atoms with Gasteiger partial charge < -0.3 is 20.5 Å². The van der Waals surface area contributed by atoms with Gasteiger partial charge in [-0.05, 0) is 37.1 Å². The van der Waals surface area contributed by atoms with Crippen LogP contribution in [0.1, 0.15) is 18.5 Å². The molecule has 1 saturated heterocycles. The molecule has 1 aromatic carbocycles. The second-order valence-corrected chi connectivity index (χ2v) is 6.31. The van der Waals surface area contributed by atoms with Gasteiger partial charge in [0.1, 0.15) is 6.61 Å². The molecule has 0 aliphatic carbocycles. The summed E-state index contributed by atoms with van der Waals surface area (Å²) < 4.78 is 25.0. The predicted molar refractivity (Wildman–Crippen MR) is 95.1 cm³/mol. The van der Waals surface area contributed by atoms with E-state index in [9.17, 15) is 9.18 Å². The fraction of sp³-hybridized carbons (Fsp3) is 0.368. The van der Waals surface area contributed by atoms with Crippen molar-refractivity contribution in [1.29, 1.82) is 0 Å². The van der Waals surface area contributed by atoms with E-state index in [2.05, 4.69) is 10.3 Å². The Balaban J connectivity index is 1.64. The largest absolute Gasteiger partial charge is 0.484 e. The van der Waals surface area contributed by atoms with Gasteiger partial charge in [-0.25, -0.2) is 4.39 Å². The molecule has 3 rings (SSSR count). The van der Waals surface area contributed by atoms with E-state index < -0.39 is 11.2 Å². The number of benzene rings is 1. The summed E-state index contributed by atoms with van der Waals surface area (Å²) in [6, 6.07) is 9.78. The highest BCUT2D eigenvalue weighted by molar-refractivity contribution is 5.95. The number of halogens is 1. The molecule has 26 heavy (non-hydrogen) atoms. The van der Waals surface area contributed by atoms with Crippen molar-refractivity contribution in [2.24, 2.45) is 11.1 Å². The van der Waals surface area contributed by atoms with Crippen LogP contribution in [0, 0.1) is 11.2 Å². The molecule has 1 aromatic heterocycles. The number of nitrogens with two attached hydrogens (primary N) is 1. The van der Waals surface area contributed by atoms with Crippen molar-refractivity contribution in [3.05, 3.63) is 54.1 Å². The van der Waals surface area contributed by atoms with Crippen LogP contribution in [-0.4, -0.2) is 30.6 Å². The minimum Gasteiger partial charge on any atom is -0.484 e. The van der Waals surface area contributed by atoms with Gasteiger partial charge in [0.2, 0.25) is 5.91 Å². The normalized spacial score (nSPS) is 16.1. The monoisotopic (exact) mass is 359 g/mol. The summed E-state index contributed by atoms with van der Waals surface area (Å²) in [6.07, 6.45) is 2.77. The maximum atomic E-state index is 14.3. The number of nitrogens with zero attached hydrogens (tertiary/aromatic N) is 1. The molecule has 138 valence electrons. The van der Waals surface area contributed by atoms with E-state index in [1.807, 2.05) is 6.07 Å². The first-order chi connectivity index (χ1) is 12.6. The van der Waals surface area contributed by atoms with Crippen molar-refractivity contribution in [2.75, 3.05) is 25.1 Å². The number of hydrogen-bond acceptors (Lipinski definition) is 5. The highest BCUT2D eigenvalue weighted by Gasteiger charge is 2.38. The minimum atomic E-state index is -0.664. The number of ether oxygens (including phenoxy) is 2. The number of carbonyl (C=O) groups is 1. The molecule has 2 aromatic rings. The lowest BCUT2D eigenvalue weighted by molar-refractivity contribution is -0.130. The molecule has 1 aliphatic rings. The highest BCUT2D eigenvalue weighted by atomic mass is 19.1. The zero-order valence-electron chi connectivity index (χ0n) is 14.4. The lowest BCUT2D eigenvalue weighted by Gasteiger charge is -2.34. The third-order valence-electron chi connectivity index (χ3n) is 4.61. The van der Waals surface area contributed by atoms with E-state index in [0.29, 0.717) is 37.4 Å². The topological polar surface area (TPSA) is 86.5 Å². The number of rotatable bonds is 6. The number of hydrogen-bond donors (Lipinski definition) is 2. The van der Waals surface area contributed by atoms with Crippen LogP contribution in [0.15, 0.2) is 42.6 Å². The second-order valence-electron chi connectivity index (χ2n) is 6.31. The van der Waals surface area contributed by atoms with Crippen molar-refractivity contribution >= 4 is 11.6 Å². The summed E-state index contributed by atoms with van der Waals surface area (Å²) in [6.45, 7) is 1.40. The zero-order chi connectivity index (χ0) is 18.4. The standard InChI is InChI=1S/C19H22FN3O3/c20-16-11-14(23-18(24)19(13-21)6-9-25-10-7-19)4-5-17(16)26-12-15-3-1-2-8-22-15/h1-5,8,11H,6-7,9-10,12-13,21H2,(H,23,24). The van der Waals surface area contributed by atoms with E-state index in [0.717, 1.165) is 0 Å². The molecule has 1 aliphatic heterocycles. The molecule has 0 unspecified atom stereocenters. The summed E-state index contributed by atoms with van der Waals surface area (Å²) in [5, 5.41) is 2.76. The van der Waals surface area contributed by atoms with Gasteiger partial charge >= 0.3 is 0 Å². The predicted octanol–water partition coefficient (Wildman–Crippen LogP) is 2.49. The zero-order valence-corrected chi connectivity index (χ0v) is 14.4.